The molecule has 0 aliphatic heterocycles. The van der Waals surface area contributed by atoms with Crippen LogP contribution in [0.1, 0.15) is 2.85 Å². The zero-order valence-corrected chi connectivity index (χ0v) is 8.49. The van der Waals surface area contributed by atoms with E-state index in [0.717, 1.165) is 0 Å². The van der Waals surface area contributed by atoms with Gasteiger partial charge in [-0.2, -0.15) is 0 Å². The van der Waals surface area contributed by atoms with Gasteiger partial charge in [-0.25, -0.2) is 19.2 Å². The van der Waals surface area contributed by atoms with Gasteiger partial charge in [0.15, 0.2) is 0 Å². The molecule has 11 heteroatoms. The summed E-state index contributed by atoms with van der Waals surface area (Å²) >= 11 is 0. The standard InChI is InChI=1S/C4H3BO9.Mg.2H/c6-1(7)3(10)13-5(12)14-4(11)2(8)9;;;/h12H,(H,6,7)(H,8,9);;;/q;+2;2*-1. The first kappa shape index (κ1) is 16.1. The first-order valence-electron chi connectivity index (χ1n) is 2.90. The minimum Gasteiger partial charge on any atom is -1.00 e. The predicted octanol–water partition coefficient (Wildman–Crippen LogP) is -2.94. The van der Waals surface area contributed by atoms with Crippen molar-refractivity contribution in [3.8, 4) is 0 Å². The number of hydrogen-bond donors (Lipinski definition) is 3. The van der Waals surface area contributed by atoms with Crippen LogP contribution in [0.4, 0.5) is 0 Å². The third kappa shape index (κ3) is 6.70. The van der Waals surface area contributed by atoms with Gasteiger partial charge in [0, 0.05) is 0 Å². The Kier molecular flexibility index (Phi) is 7.55. The normalized spacial score (nSPS) is 8.07. The van der Waals surface area contributed by atoms with Crippen molar-refractivity contribution in [1.82, 2.24) is 0 Å². The molecule has 0 rings (SSSR count). The summed E-state index contributed by atoms with van der Waals surface area (Å²) in [5, 5.41) is 24.3. The van der Waals surface area contributed by atoms with Crippen LogP contribution < -0.4 is 0 Å². The summed E-state index contributed by atoms with van der Waals surface area (Å²) in [5.41, 5.74) is 0. The van der Waals surface area contributed by atoms with Crippen LogP contribution in [-0.2, 0) is 28.5 Å². The van der Waals surface area contributed by atoms with Crippen molar-refractivity contribution in [2.75, 3.05) is 0 Å². The Hall–Kier alpha value is -1.33. The topological polar surface area (TPSA) is 147 Å². The van der Waals surface area contributed by atoms with Crippen LogP contribution in [-0.4, -0.2) is 69.5 Å². The fourth-order valence-electron chi connectivity index (χ4n) is 0.308. The average Bonchev–Trinajstić information content (AvgIpc) is 2.03. The molecule has 0 aromatic heterocycles. The average molecular weight is 232 g/mol. The van der Waals surface area contributed by atoms with Crippen LogP contribution in [0.3, 0.4) is 0 Å². The van der Waals surface area contributed by atoms with Gasteiger partial charge in [-0.1, -0.05) is 0 Å². The quantitative estimate of drug-likeness (QED) is 0.336. The van der Waals surface area contributed by atoms with Crippen molar-refractivity contribution in [3.63, 3.8) is 0 Å². The minimum atomic E-state index is -2.57. The molecule has 0 unspecified atom stereocenters. The van der Waals surface area contributed by atoms with Crippen molar-refractivity contribution < 1.29 is 46.6 Å². The van der Waals surface area contributed by atoms with Crippen molar-refractivity contribution >= 4 is 54.3 Å². The Bertz CT molecular complexity index is 269. The predicted molar refractivity (Wildman–Crippen MR) is 43.4 cm³/mol. The van der Waals surface area contributed by atoms with E-state index >= 15 is 0 Å². The molecule has 0 amide bonds. The van der Waals surface area contributed by atoms with Crippen LogP contribution >= 0.6 is 0 Å². The summed E-state index contributed by atoms with van der Waals surface area (Å²) in [4.78, 5) is 40.0. The Morgan fingerprint density at radius 3 is 1.40 bits per heavy atom. The molecule has 0 bridgehead atoms. The smallest absolute Gasteiger partial charge is 1.00 e. The summed E-state index contributed by atoms with van der Waals surface area (Å²) in [6, 6.07) is 0. The minimum absolute atomic E-state index is 0. The zero-order chi connectivity index (χ0) is 11.3. The monoisotopic (exact) mass is 232 g/mol. The number of hydrogen-bond acceptors (Lipinski definition) is 7. The van der Waals surface area contributed by atoms with Gasteiger partial charge in [-0.3, -0.25) is 0 Å². The van der Waals surface area contributed by atoms with Gasteiger partial charge in [0.1, 0.15) is 0 Å². The van der Waals surface area contributed by atoms with Crippen molar-refractivity contribution in [2.24, 2.45) is 0 Å². The van der Waals surface area contributed by atoms with Crippen LogP contribution in [0.15, 0.2) is 0 Å². The van der Waals surface area contributed by atoms with Gasteiger partial charge in [0.2, 0.25) is 0 Å². The van der Waals surface area contributed by atoms with Crippen molar-refractivity contribution in [2.45, 2.75) is 0 Å². The van der Waals surface area contributed by atoms with Crippen molar-refractivity contribution in [3.05, 3.63) is 0 Å². The van der Waals surface area contributed by atoms with Crippen molar-refractivity contribution in [1.29, 1.82) is 0 Å². The molecule has 0 aliphatic rings. The Morgan fingerprint density at radius 1 is 0.933 bits per heavy atom. The van der Waals surface area contributed by atoms with Gasteiger partial charge in [-0.15, -0.1) is 0 Å². The molecule has 9 nitrogen and oxygen atoms in total. The molecule has 80 valence electrons. The number of aliphatic carboxylic acids is 2. The van der Waals surface area contributed by atoms with E-state index in [9.17, 15) is 19.2 Å². The molecule has 0 spiro atoms. The molecule has 0 fully saturated rings. The van der Waals surface area contributed by atoms with Gasteiger partial charge in [-0.05, 0) is 0 Å². The molecule has 3 N–H and O–H groups in total. The molecule has 0 saturated heterocycles. The van der Waals surface area contributed by atoms with Gasteiger partial charge in [0.25, 0.3) is 0 Å². The molecular weight excluding hydrogens is 227 g/mol. The maximum Gasteiger partial charge on any atom is 2.00 e. The van der Waals surface area contributed by atoms with E-state index in [4.69, 9.17) is 15.2 Å². The molecule has 0 radical (unpaired) electrons. The maximum atomic E-state index is 10.2. The molecule has 15 heavy (non-hydrogen) atoms. The zero-order valence-electron chi connectivity index (χ0n) is 9.08. The second-order valence-electron chi connectivity index (χ2n) is 1.73. The first-order chi connectivity index (χ1) is 6.34. The molecule has 0 saturated carbocycles. The summed E-state index contributed by atoms with van der Waals surface area (Å²) < 4.78 is 7.09. The number of carboxylic acids is 2. The SMILES string of the molecule is O=C(O)C(=O)OB(O)OC(=O)C(=O)O.[H-].[H-].[Mg+2]. The molecule has 0 aromatic rings. The van der Waals surface area contributed by atoms with Crippen LogP contribution in [0.2, 0.25) is 0 Å². The van der Waals surface area contributed by atoms with Gasteiger partial charge < -0.3 is 27.4 Å². The Morgan fingerprint density at radius 2 is 1.20 bits per heavy atom. The number of rotatable bonds is 2. The Balaban J connectivity index is -0.000000282. The fourth-order valence-corrected chi connectivity index (χ4v) is 0.308. The summed E-state index contributed by atoms with van der Waals surface area (Å²) in [7, 11) is -2.57. The third-order valence-electron chi connectivity index (χ3n) is 0.765. The van der Waals surface area contributed by atoms with Gasteiger partial charge >= 0.3 is 54.3 Å². The summed E-state index contributed by atoms with van der Waals surface area (Å²) in [6.07, 6.45) is 0. The third-order valence-corrected chi connectivity index (χ3v) is 0.765. The van der Waals surface area contributed by atoms with Crippen LogP contribution in [0.25, 0.3) is 0 Å². The summed E-state index contributed by atoms with van der Waals surface area (Å²) in [5.74, 6) is -7.85. The number of carbonyl (C=O) groups is 4. The number of carbonyl (C=O) groups excluding carboxylic acids is 2. The Labute approximate surface area is 101 Å². The maximum absolute atomic E-state index is 10.2. The second kappa shape index (κ2) is 7.03. The van der Waals surface area contributed by atoms with E-state index in [2.05, 4.69) is 9.31 Å². The molecule has 0 atom stereocenters. The largest absolute Gasteiger partial charge is 2.00 e. The second-order valence-corrected chi connectivity index (χ2v) is 1.73. The van der Waals surface area contributed by atoms with E-state index in [1.54, 1.807) is 0 Å². The van der Waals surface area contributed by atoms with E-state index in [-0.39, 0.29) is 25.9 Å². The van der Waals surface area contributed by atoms with Crippen LogP contribution in [0, 0.1) is 0 Å². The summed E-state index contributed by atoms with van der Waals surface area (Å²) in [6.45, 7) is 0. The molecule has 0 heterocycles. The molecule has 0 aliphatic carbocycles. The van der Waals surface area contributed by atoms with Gasteiger partial charge in [0.05, 0.1) is 0 Å². The first-order valence-corrected chi connectivity index (χ1v) is 2.90. The molecule has 0 aromatic carbocycles. The van der Waals surface area contributed by atoms with E-state index < -0.39 is 31.2 Å². The fraction of sp³-hybridized carbons (Fsp3) is 0. The number of carboxylic acid groups (broad SMARTS) is 2. The molecular formula is C4H5BMgO9. The van der Waals surface area contributed by atoms with E-state index in [1.807, 2.05) is 0 Å². The van der Waals surface area contributed by atoms with E-state index in [1.165, 1.54) is 0 Å². The van der Waals surface area contributed by atoms with Crippen LogP contribution in [0.5, 0.6) is 0 Å². The van der Waals surface area contributed by atoms with E-state index in [0.29, 0.717) is 0 Å².